The molecule has 0 unspecified atom stereocenters. The van der Waals surface area contributed by atoms with E-state index in [1.54, 1.807) is 4.90 Å². The Hall–Kier alpha value is -1.26. The zero-order valence-electron chi connectivity index (χ0n) is 17.3. The minimum atomic E-state index is -0.551. The molecule has 2 atom stereocenters. The van der Waals surface area contributed by atoms with Crippen molar-refractivity contribution in [1.29, 1.82) is 0 Å². The first-order valence-corrected chi connectivity index (χ1v) is 10.2. The van der Waals surface area contributed by atoms with E-state index in [1.807, 2.05) is 13.8 Å². The van der Waals surface area contributed by atoms with E-state index in [9.17, 15) is 9.59 Å². The van der Waals surface area contributed by atoms with Gasteiger partial charge >= 0.3 is 0 Å². The molecule has 0 aliphatic carbocycles. The van der Waals surface area contributed by atoms with Crippen molar-refractivity contribution < 1.29 is 28.5 Å². The monoisotopic (exact) mass is 403 g/mol. The average Bonchev–Trinajstić information content (AvgIpc) is 2.71. The summed E-state index contributed by atoms with van der Waals surface area (Å²) < 4.78 is 21.8. The molecule has 2 amide bonds. The van der Waals surface area contributed by atoms with Crippen molar-refractivity contribution in [2.45, 2.75) is 32.7 Å². The molecule has 0 aromatic heterocycles. The Morgan fingerprint density at radius 3 is 1.86 bits per heavy atom. The second kappa shape index (κ2) is 15.6. The number of rotatable bonds is 6. The van der Waals surface area contributed by atoms with Crippen LogP contribution in [0.25, 0.3) is 0 Å². The van der Waals surface area contributed by atoms with Crippen molar-refractivity contribution in [3.8, 4) is 0 Å². The molecule has 9 nitrogen and oxygen atoms in total. The second-order valence-electron chi connectivity index (χ2n) is 6.78. The highest BCUT2D eigenvalue weighted by Crippen LogP contribution is 2.05. The number of ether oxygens (including phenoxy) is 4. The lowest BCUT2D eigenvalue weighted by atomic mass is 9.99. The Labute approximate surface area is 168 Å². The summed E-state index contributed by atoms with van der Waals surface area (Å²) in [4.78, 5) is 26.2. The van der Waals surface area contributed by atoms with Gasteiger partial charge in [-0.15, -0.1) is 0 Å². The van der Waals surface area contributed by atoms with Crippen LogP contribution < -0.4 is 11.1 Å². The molecule has 1 heterocycles. The lowest BCUT2D eigenvalue weighted by molar-refractivity contribution is -0.133. The smallest absolute Gasteiger partial charge is 0.237 e. The maximum atomic E-state index is 12.5. The Morgan fingerprint density at radius 1 is 0.929 bits per heavy atom. The number of carbonyl (C=O) groups is 2. The largest absolute Gasteiger partial charge is 0.377 e. The average molecular weight is 404 g/mol. The van der Waals surface area contributed by atoms with Crippen LogP contribution in [0.15, 0.2) is 0 Å². The van der Waals surface area contributed by atoms with E-state index < -0.39 is 6.04 Å². The van der Waals surface area contributed by atoms with E-state index in [2.05, 4.69) is 5.32 Å². The number of nitrogens with two attached hydrogens (primary N) is 1. The van der Waals surface area contributed by atoms with E-state index in [0.717, 1.165) is 6.42 Å². The summed E-state index contributed by atoms with van der Waals surface area (Å²) in [7, 11) is 0. The molecule has 0 saturated carbocycles. The molecule has 164 valence electrons. The number of nitrogens with zero attached hydrogens (tertiary/aromatic N) is 1. The van der Waals surface area contributed by atoms with Crippen LogP contribution in [0.5, 0.6) is 0 Å². The van der Waals surface area contributed by atoms with Crippen molar-refractivity contribution in [3.63, 3.8) is 0 Å². The van der Waals surface area contributed by atoms with E-state index >= 15 is 0 Å². The van der Waals surface area contributed by atoms with Gasteiger partial charge in [0.25, 0.3) is 0 Å². The van der Waals surface area contributed by atoms with Crippen molar-refractivity contribution in [2.24, 2.45) is 11.7 Å². The highest BCUT2D eigenvalue weighted by atomic mass is 16.6. The predicted molar refractivity (Wildman–Crippen MR) is 105 cm³/mol. The topological polar surface area (TPSA) is 112 Å². The summed E-state index contributed by atoms with van der Waals surface area (Å²) in [6.07, 6.45) is 1.04. The lowest BCUT2D eigenvalue weighted by Gasteiger charge is -2.23. The fourth-order valence-corrected chi connectivity index (χ4v) is 2.55. The van der Waals surface area contributed by atoms with Crippen molar-refractivity contribution >= 4 is 11.8 Å². The first-order valence-electron chi connectivity index (χ1n) is 10.2. The molecule has 0 spiro atoms. The number of hydrogen-bond donors (Lipinski definition) is 2. The Bertz CT molecular complexity index is 422. The molecule has 0 aromatic rings. The molecule has 3 N–H and O–H groups in total. The van der Waals surface area contributed by atoms with Gasteiger partial charge < -0.3 is 34.9 Å². The molecule has 28 heavy (non-hydrogen) atoms. The van der Waals surface area contributed by atoms with Gasteiger partial charge in [0.05, 0.1) is 58.9 Å². The van der Waals surface area contributed by atoms with Crippen LogP contribution in [0, 0.1) is 5.92 Å². The van der Waals surface area contributed by atoms with Gasteiger partial charge in [-0.3, -0.25) is 9.59 Å². The van der Waals surface area contributed by atoms with E-state index in [-0.39, 0.29) is 30.7 Å². The van der Waals surface area contributed by atoms with Crippen LogP contribution >= 0.6 is 0 Å². The number of amides is 2. The Kier molecular flexibility index (Phi) is 13.8. The molecule has 0 aromatic carbocycles. The van der Waals surface area contributed by atoms with Crippen LogP contribution in [0.1, 0.15) is 26.7 Å². The zero-order chi connectivity index (χ0) is 20.6. The minimum Gasteiger partial charge on any atom is -0.377 e. The van der Waals surface area contributed by atoms with Gasteiger partial charge in [0, 0.05) is 26.1 Å². The normalized spacial score (nSPS) is 20.5. The molecule has 0 radical (unpaired) electrons. The van der Waals surface area contributed by atoms with Gasteiger partial charge in [-0.25, -0.2) is 0 Å². The van der Waals surface area contributed by atoms with Gasteiger partial charge in [-0.2, -0.15) is 0 Å². The van der Waals surface area contributed by atoms with E-state index in [1.165, 1.54) is 0 Å². The third-order valence-electron chi connectivity index (χ3n) is 4.68. The molecular weight excluding hydrogens is 366 g/mol. The summed E-state index contributed by atoms with van der Waals surface area (Å²) in [5, 5.41) is 2.75. The van der Waals surface area contributed by atoms with E-state index in [0.29, 0.717) is 65.9 Å². The molecule has 0 bridgehead atoms. The summed E-state index contributed by atoms with van der Waals surface area (Å²) in [6, 6.07) is -0.551. The molecule has 1 fully saturated rings. The molecule has 9 heteroatoms. The molecule has 1 aliphatic rings. The van der Waals surface area contributed by atoms with Crippen LogP contribution in [0.4, 0.5) is 0 Å². The summed E-state index contributed by atoms with van der Waals surface area (Å²) in [5.41, 5.74) is 5.90. The van der Waals surface area contributed by atoms with Crippen LogP contribution in [-0.2, 0) is 28.5 Å². The first-order chi connectivity index (χ1) is 13.6. The van der Waals surface area contributed by atoms with Gasteiger partial charge in [-0.1, -0.05) is 20.3 Å². The van der Waals surface area contributed by atoms with Gasteiger partial charge in [0.15, 0.2) is 0 Å². The zero-order valence-corrected chi connectivity index (χ0v) is 17.3. The SMILES string of the molecule is CC[C@@H](C)[C@@H](N)C(=O)NCCC(=O)N1CCOCCOCCOCCOCC1. The fraction of sp³-hybridized carbons (Fsp3) is 0.895. The standard InChI is InChI=1S/C19H37N3O6/c1-3-16(2)18(20)19(24)21-5-4-17(23)22-6-8-25-10-12-27-14-15-28-13-11-26-9-7-22/h16,18H,3-15,20H2,1-2H3,(H,21,24)/t16-,18-/m1/s1. The van der Waals surface area contributed by atoms with Crippen LogP contribution in [0.2, 0.25) is 0 Å². The summed E-state index contributed by atoms with van der Waals surface area (Å²) in [6.45, 7) is 8.99. The fourth-order valence-electron chi connectivity index (χ4n) is 2.55. The predicted octanol–water partition coefficient (Wildman–Crippen LogP) is -0.225. The second-order valence-corrected chi connectivity index (χ2v) is 6.78. The highest BCUT2D eigenvalue weighted by Gasteiger charge is 2.20. The van der Waals surface area contributed by atoms with Crippen molar-refractivity contribution in [2.75, 3.05) is 72.5 Å². The van der Waals surface area contributed by atoms with Crippen LogP contribution in [-0.4, -0.2) is 95.2 Å². The third kappa shape index (κ3) is 10.9. The molecule has 1 aliphatic heterocycles. The Balaban J connectivity index is 2.39. The quantitative estimate of drug-likeness (QED) is 0.630. The highest BCUT2D eigenvalue weighted by molar-refractivity contribution is 5.82. The number of hydrogen-bond acceptors (Lipinski definition) is 7. The van der Waals surface area contributed by atoms with Gasteiger partial charge in [0.2, 0.25) is 11.8 Å². The van der Waals surface area contributed by atoms with Crippen molar-refractivity contribution in [1.82, 2.24) is 10.2 Å². The maximum absolute atomic E-state index is 12.5. The first kappa shape index (κ1) is 24.8. The van der Waals surface area contributed by atoms with Gasteiger partial charge in [-0.05, 0) is 5.92 Å². The molecule has 1 saturated heterocycles. The summed E-state index contributed by atoms with van der Waals surface area (Å²) in [5.74, 6) is -0.169. The van der Waals surface area contributed by atoms with Crippen LogP contribution in [0.3, 0.4) is 0 Å². The molecular formula is C19H37N3O6. The van der Waals surface area contributed by atoms with Gasteiger partial charge in [0.1, 0.15) is 0 Å². The maximum Gasteiger partial charge on any atom is 0.237 e. The lowest BCUT2D eigenvalue weighted by Crippen LogP contribution is -2.46. The number of nitrogens with one attached hydrogen (secondary N) is 1. The number of carbonyl (C=O) groups excluding carboxylic acids is 2. The van der Waals surface area contributed by atoms with E-state index in [4.69, 9.17) is 24.7 Å². The van der Waals surface area contributed by atoms with Crippen molar-refractivity contribution in [3.05, 3.63) is 0 Å². The molecule has 1 rings (SSSR count). The third-order valence-corrected chi connectivity index (χ3v) is 4.68. The minimum absolute atomic E-state index is 0.0542. The summed E-state index contributed by atoms with van der Waals surface area (Å²) >= 11 is 0. The Morgan fingerprint density at radius 2 is 1.39 bits per heavy atom.